The third-order valence-corrected chi connectivity index (χ3v) is 1.83. The Labute approximate surface area is 80.5 Å². The Morgan fingerprint density at radius 3 is 1.62 bits per heavy atom. The number of hydrogen-bond acceptors (Lipinski definition) is 2. The van der Waals surface area contributed by atoms with Crippen molar-refractivity contribution < 1.29 is 9.53 Å². The molecular formula is C9H20N2O2. The zero-order valence-corrected chi connectivity index (χ0v) is 9.04. The summed E-state index contributed by atoms with van der Waals surface area (Å²) in [5.74, 6) is 0. The standard InChI is InChI=1S/C5H10N2O.C4H10O/c1-6-3-4-7(2)5(6)8;1-3-5-4-2/h3-4H2,1-2H3;3-4H2,1-2H3. The van der Waals surface area contributed by atoms with E-state index in [2.05, 4.69) is 0 Å². The Bertz CT molecular complexity index is 137. The first-order valence-corrected chi connectivity index (χ1v) is 4.67. The lowest BCUT2D eigenvalue weighted by atomic mass is 10.6. The Hall–Kier alpha value is -0.770. The van der Waals surface area contributed by atoms with E-state index in [9.17, 15) is 4.79 Å². The number of rotatable bonds is 2. The molecule has 13 heavy (non-hydrogen) atoms. The number of carbonyl (C=O) groups excluding carboxylic acids is 1. The van der Waals surface area contributed by atoms with E-state index in [0.29, 0.717) is 0 Å². The third kappa shape index (κ3) is 4.72. The van der Waals surface area contributed by atoms with E-state index in [-0.39, 0.29) is 6.03 Å². The molecule has 0 radical (unpaired) electrons. The van der Waals surface area contributed by atoms with Crippen molar-refractivity contribution in [2.75, 3.05) is 40.4 Å². The minimum absolute atomic E-state index is 0.130. The van der Waals surface area contributed by atoms with Gasteiger partial charge >= 0.3 is 6.03 Å². The van der Waals surface area contributed by atoms with Crippen LogP contribution in [0.1, 0.15) is 13.8 Å². The van der Waals surface area contributed by atoms with Crippen molar-refractivity contribution in [2.45, 2.75) is 13.8 Å². The molecule has 2 amide bonds. The summed E-state index contributed by atoms with van der Waals surface area (Å²) in [6, 6.07) is 0.130. The summed E-state index contributed by atoms with van der Waals surface area (Å²) < 4.78 is 4.83. The molecule has 1 aliphatic rings. The van der Waals surface area contributed by atoms with Crippen LogP contribution in [0.15, 0.2) is 0 Å². The summed E-state index contributed by atoms with van der Waals surface area (Å²) in [5, 5.41) is 0. The Morgan fingerprint density at radius 2 is 1.54 bits per heavy atom. The van der Waals surface area contributed by atoms with Gasteiger partial charge in [-0.2, -0.15) is 0 Å². The number of carbonyl (C=O) groups is 1. The molecule has 0 aromatic carbocycles. The van der Waals surface area contributed by atoms with Gasteiger partial charge in [0.25, 0.3) is 0 Å². The highest BCUT2D eigenvalue weighted by atomic mass is 16.5. The van der Waals surface area contributed by atoms with Crippen molar-refractivity contribution in [3.63, 3.8) is 0 Å². The zero-order valence-electron chi connectivity index (χ0n) is 9.04. The molecular weight excluding hydrogens is 168 g/mol. The Balaban J connectivity index is 0.000000252. The molecule has 1 rings (SSSR count). The summed E-state index contributed by atoms with van der Waals surface area (Å²) in [6.07, 6.45) is 0. The summed E-state index contributed by atoms with van der Waals surface area (Å²) in [7, 11) is 3.62. The molecule has 78 valence electrons. The van der Waals surface area contributed by atoms with Gasteiger partial charge in [-0.1, -0.05) is 0 Å². The van der Waals surface area contributed by atoms with Gasteiger partial charge < -0.3 is 14.5 Å². The molecule has 4 heteroatoms. The van der Waals surface area contributed by atoms with E-state index in [4.69, 9.17) is 4.74 Å². The molecule has 0 saturated carbocycles. The van der Waals surface area contributed by atoms with Gasteiger partial charge in [-0.15, -0.1) is 0 Å². The fraction of sp³-hybridized carbons (Fsp3) is 0.889. The van der Waals surface area contributed by atoms with Crippen LogP contribution in [0.5, 0.6) is 0 Å². The summed E-state index contributed by atoms with van der Waals surface area (Å²) in [5.41, 5.74) is 0. The van der Waals surface area contributed by atoms with Crippen molar-refractivity contribution in [2.24, 2.45) is 0 Å². The maximum Gasteiger partial charge on any atom is 0.319 e. The van der Waals surface area contributed by atoms with Gasteiger partial charge in [0.1, 0.15) is 0 Å². The highest BCUT2D eigenvalue weighted by molar-refractivity contribution is 5.75. The highest BCUT2D eigenvalue weighted by Gasteiger charge is 2.20. The van der Waals surface area contributed by atoms with Crippen molar-refractivity contribution in [1.29, 1.82) is 0 Å². The summed E-state index contributed by atoms with van der Waals surface area (Å²) in [4.78, 5) is 14.2. The largest absolute Gasteiger partial charge is 0.382 e. The number of amides is 2. The monoisotopic (exact) mass is 188 g/mol. The molecule has 0 unspecified atom stereocenters. The second-order valence-electron chi connectivity index (χ2n) is 2.91. The average molecular weight is 188 g/mol. The van der Waals surface area contributed by atoms with Crippen LogP contribution in [0.2, 0.25) is 0 Å². The molecule has 0 spiro atoms. The van der Waals surface area contributed by atoms with Gasteiger partial charge in [0.05, 0.1) is 0 Å². The van der Waals surface area contributed by atoms with Crippen LogP contribution in [-0.4, -0.2) is 56.2 Å². The molecule has 0 N–H and O–H groups in total. The van der Waals surface area contributed by atoms with Crippen LogP contribution in [0.3, 0.4) is 0 Å². The number of urea groups is 1. The van der Waals surface area contributed by atoms with E-state index >= 15 is 0 Å². The van der Waals surface area contributed by atoms with Gasteiger partial charge in [0.15, 0.2) is 0 Å². The van der Waals surface area contributed by atoms with Crippen LogP contribution < -0.4 is 0 Å². The molecule has 4 nitrogen and oxygen atoms in total. The van der Waals surface area contributed by atoms with Crippen LogP contribution in [0.4, 0.5) is 4.79 Å². The lowest BCUT2D eigenvalue weighted by molar-refractivity contribution is 0.162. The highest BCUT2D eigenvalue weighted by Crippen LogP contribution is 2.00. The fourth-order valence-corrected chi connectivity index (χ4v) is 0.987. The normalized spacial score (nSPS) is 15.8. The topological polar surface area (TPSA) is 32.8 Å². The van der Waals surface area contributed by atoms with Crippen LogP contribution >= 0.6 is 0 Å². The minimum Gasteiger partial charge on any atom is -0.382 e. The molecule has 1 saturated heterocycles. The lowest BCUT2D eigenvalue weighted by Crippen LogP contribution is -2.25. The first kappa shape index (κ1) is 12.2. The number of hydrogen-bond donors (Lipinski definition) is 0. The molecule has 0 aromatic rings. The molecule has 1 heterocycles. The van der Waals surface area contributed by atoms with E-state index in [1.54, 1.807) is 9.80 Å². The van der Waals surface area contributed by atoms with Gasteiger partial charge in [0.2, 0.25) is 0 Å². The van der Waals surface area contributed by atoms with Crippen molar-refractivity contribution in [3.05, 3.63) is 0 Å². The van der Waals surface area contributed by atoms with Gasteiger partial charge in [-0.25, -0.2) is 4.79 Å². The van der Waals surface area contributed by atoms with E-state index < -0.39 is 0 Å². The Morgan fingerprint density at radius 1 is 1.15 bits per heavy atom. The molecule has 0 aliphatic carbocycles. The van der Waals surface area contributed by atoms with Crippen LogP contribution in [0, 0.1) is 0 Å². The predicted octanol–water partition coefficient (Wildman–Crippen LogP) is 1.03. The second-order valence-corrected chi connectivity index (χ2v) is 2.91. The second kappa shape index (κ2) is 6.71. The number of likely N-dealkylation sites (N-methyl/N-ethyl adjacent to an activating group) is 2. The molecule has 1 aliphatic heterocycles. The minimum atomic E-state index is 0.130. The first-order valence-electron chi connectivity index (χ1n) is 4.67. The smallest absolute Gasteiger partial charge is 0.319 e. The average Bonchev–Trinajstić information content (AvgIpc) is 2.39. The zero-order chi connectivity index (χ0) is 10.3. The van der Waals surface area contributed by atoms with Crippen LogP contribution in [0.25, 0.3) is 0 Å². The van der Waals surface area contributed by atoms with Crippen molar-refractivity contribution in [1.82, 2.24) is 9.80 Å². The lowest BCUT2D eigenvalue weighted by Gasteiger charge is -2.07. The Kier molecular flexibility index (Phi) is 6.32. The quantitative estimate of drug-likeness (QED) is 0.648. The molecule has 0 bridgehead atoms. The summed E-state index contributed by atoms with van der Waals surface area (Å²) in [6.45, 7) is 7.41. The van der Waals surface area contributed by atoms with Gasteiger partial charge in [0, 0.05) is 40.4 Å². The van der Waals surface area contributed by atoms with Crippen molar-refractivity contribution in [3.8, 4) is 0 Å². The van der Waals surface area contributed by atoms with Crippen LogP contribution in [-0.2, 0) is 4.74 Å². The number of ether oxygens (including phenoxy) is 1. The summed E-state index contributed by atoms with van der Waals surface area (Å²) >= 11 is 0. The first-order chi connectivity index (χ1) is 6.13. The maximum absolute atomic E-state index is 10.8. The molecule has 1 fully saturated rings. The van der Waals surface area contributed by atoms with E-state index in [0.717, 1.165) is 26.3 Å². The molecule has 0 aromatic heterocycles. The third-order valence-electron chi connectivity index (χ3n) is 1.83. The fourth-order valence-electron chi connectivity index (χ4n) is 0.987. The van der Waals surface area contributed by atoms with E-state index in [1.807, 2.05) is 27.9 Å². The predicted molar refractivity (Wildman–Crippen MR) is 52.8 cm³/mol. The van der Waals surface area contributed by atoms with Crippen molar-refractivity contribution >= 4 is 6.03 Å². The number of nitrogens with zero attached hydrogens (tertiary/aromatic N) is 2. The van der Waals surface area contributed by atoms with E-state index in [1.165, 1.54) is 0 Å². The maximum atomic E-state index is 10.8. The van der Waals surface area contributed by atoms with Gasteiger partial charge in [-0.3, -0.25) is 0 Å². The molecule has 0 atom stereocenters. The SMILES string of the molecule is CCOCC.CN1CCN(C)C1=O. The van der Waals surface area contributed by atoms with Gasteiger partial charge in [-0.05, 0) is 13.8 Å².